The zero-order chi connectivity index (χ0) is 36.4. The van der Waals surface area contributed by atoms with Crippen molar-refractivity contribution in [1.82, 2.24) is 20.6 Å². The number of aromatic nitrogens is 2. The van der Waals surface area contributed by atoms with Crippen molar-refractivity contribution in [1.29, 1.82) is 0 Å². The van der Waals surface area contributed by atoms with E-state index in [9.17, 15) is 19.8 Å². The fourth-order valence-electron chi connectivity index (χ4n) is 4.68. The van der Waals surface area contributed by atoms with Crippen LogP contribution in [0, 0.1) is 0 Å². The number of pyridine rings is 2. The van der Waals surface area contributed by atoms with E-state index in [2.05, 4.69) is 20.6 Å². The topological polar surface area (TPSA) is 224 Å². The number of hydrogen-bond donors (Lipinski definition) is 5. The van der Waals surface area contributed by atoms with E-state index in [4.69, 9.17) is 43.6 Å². The number of aliphatic hydroxyl groups excluding tert-OH is 2. The van der Waals surface area contributed by atoms with Gasteiger partial charge in [-0.2, -0.15) is 0 Å². The number of amides is 2. The molecule has 0 saturated carbocycles. The molecule has 1 saturated heterocycles. The maximum Gasteiger partial charge on any atom is 0.251 e. The summed E-state index contributed by atoms with van der Waals surface area (Å²) < 4.78 is 43.6. The van der Waals surface area contributed by atoms with E-state index in [-0.39, 0.29) is 18.4 Å². The zero-order valence-electron chi connectivity index (χ0n) is 29.1. The fourth-order valence-corrected chi connectivity index (χ4v) is 4.68. The molecule has 286 valence electrons. The molecule has 3 unspecified atom stereocenters. The monoisotopic (exact) mass is 723 g/mol. The summed E-state index contributed by atoms with van der Waals surface area (Å²) in [6, 6.07) is 6.43. The third kappa shape index (κ3) is 18.2. The van der Waals surface area contributed by atoms with Crippen molar-refractivity contribution >= 4 is 11.8 Å². The van der Waals surface area contributed by atoms with E-state index in [1.807, 2.05) is 0 Å². The summed E-state index contributed by atoms with van der Waals surface area (Å²) in [4.78, 5) is 34.0. The summed E-state index contributed by atoms with van der Waals surface area (Å²) in [5.74, 6) is -0.575. The van der Waals surface area contributed by atoms with E-state index < -0.39 is 18.5 Å². The maximum atomic E-state index is 12.7. The van der Waals surface area contributed by atoms with Crippen LogP contribution in [0.4, 0.5) is 0 Å². The van der Waals surface area contributed by atoms with Crippen LogP contribution >= 0.6 is 0 Å². The Morgan fingerprint density at radius 2 is 1.16 bits per heavy atom. The maximum absolute atomic E-state index is 12.7. The molecule has 2 aromatic rings. The highest BCUT2D eigenvalue weighted by atomic mass is 16.7. The molecule has 2 aromatic heterocycles. The number of nitrogens with one attached hydrogen (secondary N) is 2. The predicted molar refractivity (Wildman–Crippen MR) is 183 cm³/mol. The number of nitrogens with two attached hydrogens (primary N) is 1. The van der Waals surface area contributed by atoms with Crippen molar-refractivity contribution < 1.29 is 57.7 Å². The summed E-state index contributed by atoms with van der Waals surface area (Å²) >= 11 is 0. The Morgan fingerprint density at radius 3 is 1.63 bits per heavy atom. The number of hydrogen-bond acceptors (Lipinski definition) is 15. The molecule has 1 aliphatic rings. The van der Waals surface area contributed by atoms with Crippen LogP contribution in [0.1, 0.15) is 33.6 Å². The van der Waals surface area contributed by atoms with Gasteiger partial charge in [0.2, 0.25) is 0 Å². The second kappa shape index (κ2) is 26.6. The van der Waals surface area contributed by atoms with Gasteiger partial charge in [0.25, 0.3) is 11.8 Å². The van der Waals surface area contributed by atoms with Gasteiger partial charge in [0.05, 0.1) is 116 Å². The molecular formula is C34H53N5O12. The molecule has 0 bridgehead atoms. The summed E-state index contributed by atoms with van der Waals surface area (Å²) in [5, 5.41) is 24.6. The summed E-state index contributed by atoms with van der Waals surface area (Å²) in [6.45, 7) is 6.03. The first kappa shape index (κ1) is 42.2. The SMILES string of the molecule is NCCOCCOCCOCCNC(=O)c1ccnc(-c2cc(C(=O)NCCOCCOCCOCCOC3CC(O)CC(CO)O3)ccn2)c1. The van der Waals surface area contributed by atoms with Gasteiger partial charge in [-0.05, 0) is 24.3 Å². The lowest BCUT2D eigenvalue weighted by molar-refractivity contribution is -0.225. The van der Waals surface area contributed by atoms with E-state index in [0.717, 1.165) is 0 Å². The highest BCUT2D eigenvalue weighted by Crippen LogP contribution is 2.20. The third-order valence-corrected chi connectivity index (χ3v) is 7.20. The first-order valence-electron chi connectivity index (χ1n) is 17.2. The van der Waals surface area contributed by atoms with Crippen LogP contribution in [-0.4, -0.2) is 163 Å². The molecule has 3 rings (SSSR count). The molecule has 6 N–H and O–H groups in total. The normalized spacial score (nSPS) is 17.4. The second-order valence-electron chi connectivity index (χ2n) is 11.2. The van der Waals surface area contributed by atoms with Gasteiger partial charge < -0.3 is 64.5 Å². The van der Waals surface area contributed by atoms with Gasteiger partial charge >= 0.3 is 0 Å². The van der Waals surface area contributed by atoms with Gasteiger partial charge in [0.15, 0.2) is 6.29 Å². The lowest BCUT2D eigenvalue weighted by Gasteiger charge is -2.31. The van der Waals surface area contributed by atoms with Crippen molar-refractivity contribution in [3.8, 4) is 11.4 Å². The first-order chi connectivity index (χ1) is 25.0. The average Bonchev–Trinajstić information content (AvgIpc) is 3.15. The highest BCUT2D eigenvalue weighted by molar-refractivity contribution is 5.96. The minimum absolute atomic E-state index is 0.153. The van der Waals surface area contributed by atoms with Crippen molar-refractivity contribution in [3.05, 3.63) is 47.8 Å². The van der Waals surface area contributed by atoms with Crippen LogP contribution in [-0.2, 0) is 37.9 Å². The number of carbonyl (C=O) groups is 2. The Bertz CT molecular complexity index is 1250. The molecule has 3 heterocycles. The van der Waals surface area contributed by atoms with Gasteiger partial charge in [0.1, 0.15) is 0 Å². The molecule has 2 amide bonds. The Labute approximate surface area is 298 Å². The quantitative estimate of drug-likeness (QED) is 0.0701. The van der Waals surface area contributed by atoms with Gasteiger partial charge in [-0.3, -0.25) is 19.6 Å². The van der Waals surface area contributed by atoms with Gasteiger partial charge in [-0.1, -0.05) is 0 Å². The van der Waals surface area contributed by atoms with Crippen molar-refractivity contribution in [2.45, 2.75) is 31.3 Å². The summed E-state index contributed by atoms with van der Waals surface area (Å²) in [7, 11) is 0. The molecule has 3 atom stereocenters. The van der Waals surface area contributed by atoms with E-state index in [0.29, 0.717) is 141 Å². The molecule has 1 fully saturated rings. The summed E-state index contributed by atoms with van der Waals surface area (Å²) in [6.07, 6.45) is 2.29. The summed E-state index contributed by atoms with van der Waals surface area (Å²) in [5.41, 5.74) is 7.06. The molecule has 51 heavy (non-hydrogen) atoms. The Kier molecular flexibility index (Phi) is 22.0. The van der Waals surface area contributed by atoms with Crippen LogP contribution in [0.15, 0.2) is 36.7 Å². The second-order valence-corrected chi connectivity index (χ2v) is 11.2. The number of rotatable bonds is 28. The van der Waals surface area contributed by atoms with Crippen molar-refractivity contribution in [3.63, 3.8) is 0 Å². The van der Waals surface area contributed by atoms with Crippen LogP contribution in [0.5, 0.6) is 0 Å². The smallest absolute Gasteiger partial charge is 0.251 e. The van der Waals surface area contributed by atoms with Crippen molar-refractivity contribution in [2.24, 2.45) is 5.73 Å². The largest absolute Gasteiger partial charge is 0.394 e. The van der Waals surface area contributed by atoms with E-state index in [1.54, 1.807) is 24.3 Å². The fraction of sp³-hybridized carbons (Fsp3) is 0.647. The van der Waals surface area contributed by atoms with Crippen LogP contribution < -0.4 is 16.4 Å². The highest BCUT2D eigenvalue weighted by Gasteiger charge is 2.28. The van der Waals surface area contributed by atoms with Gasteiger partial charge in [-0.25, -0.2) is 0 Å². The molecule has 0 aliphatic carbocycles. The van der Waals surface area contributed by atoms with Crippen molar-refractivity contribution in [2.75, 3.05) is 112 Å². The lowest BCUT2D eigenvalue weighted by atomic mass is 10.1. The first-order valence-corrected chi connectivity index (χ1v) is 17.2. The Hall–Kier alpha value is -3.20. The van der Waals surface area contributed by atoms with E-state index in [1.165, 1.54) is 12.4 Å². The molecule has 17 nitrogen and oxygen atoms in total. The van der Waals surface area contributed by atoms with Crippen LogP contribution in [0.3, 0.4) is 0 Å². The number of nitrogens with zero attached hydrogens (tertiary/aromatic N) is 2. The van der Waals surface area contributed by atoms with Gasteiger partial charge in [-0.15, -0.1) is 0 Å². The van der Waals surface area contributed by atoms with E-state index >= 15 is 0 Å². The molecule has 17 heteroatoms. The third-order valence-electron chi connectivity index (χ3n) is 7.20. The van der Waals surface area contributed by atoms with Crippen LogP contribution in [0.25, 0.3) is 11.4 Å². The Morgan fingerprint density at radius 1 is 0.706 bits per heavy atom. The number of aliphatic hydroxyl groups is 2. The number of carbonyl (C=O) groups excluding carboxylic acids is 2. The molecule has 0 spiro atoms. The molecular weight excluding hydrogens is 670 g/mol. The minimum Gasteiger partial charge on any atom is -0.394 e. The molecule has 1 aliphatic heterocycles. The predicted octanol–water partition coefficient (Wildman–Crippen LogP) is -0.464. The lowest BCUT2D eigenvalue weighted by Crippen LogP contribution is -2.39. The minimum atomic E-state index is -0.551. The number of ether oxygens (including phenoxy) is 8. The standard InChI is InChI=1S/C34H53N5O12/c35-3-8-44-11-14-47-15-12-45-9-6-38-33(42)26-1-4-36-30(21-26)31-22-27(2-5-37-31)34(43)39-7-10-46-13-16-48-17-18-49-19-20-50-32-24-28(41)23-29(25-40)51-32/h1-2,4-5,21-22,28-29,32,40-41H,3,6-20,23-25,35H2,(H,38,42)(H,39,43). The van der Waals surface area contributed by atoms with Gasteiger partial charge in [0, 0.05) is 56.0 Å². The molecule has 0 aromatic carbocycles. The van der Waals surface area contributed by atoms with Crippen LogP contribution in [0.2, 0.25) is 0 Å². The molecule has 0 radical (unpaired) electrons. The Balaban J connectivity index is 1.21. The average molecular weight is 724 g/mol. The zero-order valence-corrected chi connectivity index (χ0v) is 29.1.